The maximum Gasteiger partial charge on any atom is 0.223 e. The van der Waals surface area contributed by atoms with Gasteiger partial charge in [0.15, 0.2) is 5.65 Å². The first-order valence-corrected chi connectivity index (χ1v) is 12.5. The van der Waals surface area contributed by atoms with Gasteiger partial charge in [-0.05, 0) is 76.3 Å². The summed E-state index contributed by atoms with van der Waals surface area (Å²) in [5, 5.41) is 12.8. The minimum Gasteiger partial charge on any atom is -0.336 e. The van der Waals surface area contributed by atoms with E-state index in [1.807, 2.05) is 6.92 Å². The highest BCUT2D eigenvalue weighted by atomic mass is 16.2. The Morgan fingerprint density at radius 3 is 3.00 bits per heavy atom. The van der Waals surface area contributed by atoms with Crippen molar-refractivity contribution in [3.63, 3.8) is 0 Å². The quantitative estimate of drug-likeness (QED) is 0.695. The van der Waals surface area contributed by atoms with E-state index in [0.29, 0.717) is 30.2 Å². The molecule has 4 atom stereocenters. The number of aromatic nitrogens is 4. The van der Waals surface area contributed by atoms with Crippen LogP contribution in [0.2, 0.25) is 0 Å². The summed E-state index contributed by atoms with van der Waals surface area (Å²) in [7, 11) is 0. The van der Waals surface area contributed by atoms with Crippen molar-refractivity contribution in [2.45, 2.75) is 77.3 Å². The molecule has 6 rings (SSSR count). The Balaban J connectivity index is 1.21. The minimum atomic E-state index is 0.306. The summed E-state index contributed by atoms with van der Waals surface area (Å²) in [6.07, 6.45) is 13.1. The summed E-state index contributed by atoms with van der Waals surface area (Å²) in [4.78, 5) is 18.5. The van der Waals surface area contributed by atoms with Crippen molar-refractivity contribution < 1.29 is 4.79 Å². The Bertz CT molecular complexity index is 1070. The van der Waals surface area contributed by atoms with Gasteiger partial charge in [-0.1, -0.05) is 18.1 Å². The van der Waals surface area contributed by atoms with Crippen LogP contribution in [-0.2, 0) is 11.2 Å². The molecule has 5 heterocycles. The van der Waals surface area contributed by atoms with E-state index in [4.69, 9.17) is 0 Å². The van der Waals surface area contributed by atoms with Crippen LogP contribution in [0.25, 0.3) is 5.65 Å². The number of rotatable bonds is 3. The first-order chi connectivity index (χ1) is 15.6. The molecule has 3 aliphatic heterocycles. The summed E-state index contributed by atoms with van der Waals surface area (Å²) in [5.41, 5.74) is 5.55. The second-order valence-electron chi connectivity index (χ2n) is 10.4. The van der Waals surface area contributed by atoms with Gasteiger partial charge in [-0.25, -0.2) is 4.52 Å². The number of amides is 1. The lowest BCUT2D eigenvalue weighted by Gasteiger charge is -2.54. The van der Waals surface area contributed by atoms with Gasteiger partial charge < -0.3 is 4.90 Å². The van der Waals surface area contributed by atoms with E-state index < -0.39 is 0 Å². The molecule has 0 unspecified atom stereocenters. The van der Waals surface area contributed by atoms with Crippen molar-refractivity contribution in [3.05, 3.63) is 34.8 Å². The molecule has 0 aromatic carbocycles. The molecule has 7 heteroatoms. The number of carbonyl (C=O) groups excluding carboxylic acids is 1. The van der Waals surface area contributed by atoms with Gasteiger partial charge in [0.2, 0.25) is 5.91 Å². The first-order valence-electron chi connectivity index (χ1n) is 12.5. The monoisotopic (exact) mass is 434 g/mol. The van der Waals surface area contributed by atoms with Crippen LogP contribution < -0.4 is 0 Å². The third-order valence-electron chi connectivity index (χ3n) is 8.58. The highest BCUT2D eigenvalue weighted by molar-refractivity contribution is 5.78. The molecule has 3 saturated heterocycles. The van der Waals surface area contributed by atoms with E-state index in [2.05, 4.69) is 38.1 Å². The third-order valence-corrected chi connectivity index (χ3v) is 8.58. The van der Waals surface area contributed by atoms with E-state index >= 15 is 0 Å². The van der Waals surface area contributed by atoms with Crippen molar-refractivity contribution in [1.29, 1.82) is 0 Å². The van der Waals surface area contributed by atoms with Crippen LogP contribution in [0.4, 0.5) is 0 Å². The summed E-state index contributed by atoms with van der Waals surface area (Å²) in [6.45, 7) is 7.42. The molecule has 2 aromatic heterocycles. The minimum absolute atomic E-state index is 0.306. The molecular formula is C25H34N6O. The summed E-state index contributed by atoms with van der Waals surface area (Å²) < 4.78 is 1.73. The lowest BCUT2D eigenvalue weighted by Crippen LogP contribution is -2.60. The smallest absolute Gasteiger partial charge is 0.223 e. The number of fused-ring (bicyclic) bond motifs is 7. The second kappa shape index (κ2) is 7.94. The molecule has 4 aliphatic rings. The molecular weight excluding hydrogens is 400 g/mol. The molecule has 170 valence electrons. The van der Waals surface area contributed by atoms with Crippen LogP contribution in [-0.4, -0.2) is 67.2 Å². The maximum absolute atomic E-state index is 13.5. The molecule has 32 heavy (non-hydrogen) atoms. The Morgan fingerprint density at radius 1 is 1.19 bits per heavy atom. The number of hydrogen-bond acceptors (Lipinski definition) is 5. The molecule has 1 amide bonds. The van der Waals surface area contributed by atoms with Gasteiger partial charge in [0.1, 0.15) is 6.33 Å². The summed E-state index contributed by atoms with van der Waals surface area (Å²) >= 11 is 0. The van der Waals surface area contributed by atoms with Crippen LogP contribution in [0.3, 0.4) is 0 Å². The Hall–Kier alpha value is -2.28. The van der Waals surface area contributed by atoms with Crippen LogP contribution in [0.5, 0.6) is 0 Å². The van der Waals surface area contributed by atoms with Gasteiger partial charge in [0.05, 0.1) is 11.7 Å². The largest absolute Gasteiger partial charge is 0.336 e. The Morgan fingerprint density at radius 2 is 2.09 bits per heavy atom. The van der Waals surface area contributed by atoms with Gasteiger partial charge in [-0.3, -0.25) is 9.69 Å². The van der Waals surface area contributed by atoms with E-state index in [1.54, 1.807) is 16.4 Å². The molecule has 0 saturated carbocycles. The Labute approximate surface area is 189 Å². The van der Waals surface area contributed by atoms with E-state index in [1.165, 1.54) is 45.2 Å². The molecule has 2 bridgehead atoms. The lowest BCUT2D eigenvalue weighted by atomic mass is 9.68. The average molecular weight is 435 g/mol. The van der Waals surface area contributed by atoms with Crippen LogP contribution in [0, 0.1) is 25.7 Å². The number of likely N-dealkylation sites (tertiary alicyclic amines) is 1. The first kappa shape index (κ1) is 20.3. The topological polar surface area (TPSA) is 66.6 Å². The van der Waals surface area contributed by atoms with Gasteiger partial charge in [-0.2, -0.15) is 5.10 Å². The highest BCUT2D eigenvalue weighted by Gasteiger charge is 2.46. The zero-order valence-corrected chi connectivity index (χ0v) is 19.3. The fraction of sp³-hybridized carbons (Fsp3) is 0.680. The average Bonchev–Trinajstić information content (AvgIpc) is 3.27. The van der Waals surface area contributed by atoms with Crippen molar-refractivity contribution in [2.75, 3.05) is 19.6 Å². The number of nitrogens with zero attached hydrogens (tertiary/aromatic N) is 6. The fourth-order valence-corrected chi connectivity index (χ4v) is 7.18. The van der Waals surface area contributed by atoms with E-state index in [0.717, 1.165) is 47.9 Å². The normalized spacial score (nSPS) is 30.1. The highest BCUT2D eigenvalue weighted by Crippen LogP contribution is 2.45. The molecule has 1 aliphatic carbocycles. The number of carbonyl (C=O) groups is 1. The van der Waals surface area contributed by atoms with Gasteiger partial charge in [0.25, 0.3) is 0 Å². The van der Waals surface area contributed by atoms with Gasteiger partial charge in [-0.15, -0.1) is 10.2 Å². The van der Waals surface area contributed by atoms with Crippen LogP contribution >= 0.6 is 0 Å². The maximum atomic E-state index is 13.5. The number of piperidine rings is 3. The van der Waals surface area contributed by atoms with E-state index in [9.17, 15) is 4.79 Å². The molecule has 0 N–H and O–H groups in total. The zero-order chi connectivity index (χ0) is 21.8. The van der Waals surface area contributed by atoms with Crippen molar-refractivity contribution >= 4 is 11.6 Å². The van der Waals surface area contributed by atoms with Gasteiger partial charge >= 0.3 is 0 Å². The SMILES string of the molecule is Cc1nn2cnnc2c(C)c1CCC(=O)N1CCCC2=C[C@H]3C[C@H](CN4CCCC[C@H]34)[C@@H]21. The van der Waals surface area contributed by atoms with Crippen LogP contribution in [0.15, 0.2) is 18.0 Å². The third kappa shape index (κ3) is 3.28. The Kier molecular flexibility index (Phi) is 5.05. The predicted octanol–water partition coefficient (Wildman–Crippen LogP) is 3.10. The zero-order valence-electron chi connectivity index (χ0n) is 19.3. The fourth-order valence-electron chi connectivity index (χ4n) is 7.18. The predicted molar refractivity (Wildman–Crippen MR) is 122 cm³/mol. The van der Waals surface area contributed by atoms with Crippen LogP contribution in [0.1, 0.15) is 61.8 Å². The summed E-state index contributed by atoms with van der Waals surface area (Å²) in [6, 6.07) is 1.08. The molecule has 7 nitrogen and oxygen atoms in total. The lowest BCUT2D eigenvalue weighted by molar-refractivity contribution is -0.136. The second-order valence-corrected chi connectivity index (χ2v) is 10.4. The van der Waals surface area contributed by atoms with Crippen molar-refractivity contribution in [3.8, 4) is 0 Å². The molecule has 2 aromatic rings. The standard InChI is InChI=1S/C25H34N6O/c1-16-21(17(2)28-31-15-26-27-25(16)31)8-9-23(32)30-11-5-6-18-12-19-13-20(24(18)30)14-29-10-4-3-7-22(19)29/h12,15,19-20,22,24H,3-11,13-14H2,1-2H3/t19-,20+,22+,24+/m0/s1. The summed E-state index contributed by atoms with van der Waals surface area (Å²) in [5.74, 6) is 1.62. The van der Waals surface area contributed by atoms with Gasteiger partial charge in [0, 0.05) is 31.1 Å². The number of aryl methyl sites for hydroxylation is 2. The number of hydrogen-bond donors (Lipinski definition) is 0. The molecule has 3 fully saturated rings. The van der Waals surface area contributed by atoms with Crippen molar-refractivity contribution in [2.24, 2.45) is 11.8 Å². The molecule has 0 spiro atoms. The van der Waals surface area contributed by atoms with E-state index in [-0.39, 0.29) is 0 Å². The molecule has 0 radical (unpaired) electrons. The van der Waals surface area contributed by atoms with Crippen molar-refractivity contribution in [1.82, 2.24) is 29.6 Å².